The first-order chi connectivity index (χ1) is 11.5. The largest absolute Gasteiger partial charge is 0.264 e. The van der Waals surface area contributed by atoms with Gasteiger partial charge in [-0.1, -0.05) is 36.4 Å². The summed E-state index contributed by atoms with van der Waals surface area (Å²) in [5.74, 6) is 0.344. The number of sulfonamides is 1. The van der Waals surface area contributed by atoms with Crippen LogP contribution < -0.4 is 4.72 Å². The molecule has 0 aliphatic heterocycles. The Bertz CT molecular complexity index is 1020. The lowest BCUT2D eigenvalue weighted by atomic mass is 10.2. The lowest BCUT2D eigenvalue weighted by Crippen LogP contribution is -2.15. The molecule has 0 radical (unpaired) electrons. The molecule has 2 aromatic carbocycles. The van der Waals surface area contributed by atoms with Crippen molar-refractivity contribution in [1.82, 2.24) is 9.78 Å². The van der Waals surface area contributed by atoms with Gasteiger partial charge in [0.15, 0.2) is 0 Å². The predicted molar refractivity (Wildman–Crippen MR) is 90.6 cm³/mol. The summed E-state index contributed by atoms with van der Waals surface area (Å²) in [5, 5.41) is 13.2. The molecule has 0 spiro atoms. The lowest BCUT2D eigenvalue weighted by molar-refractivity contribution is 0.600. The molecule has 0 aliphatic carbocycles. The normalized spacial score (nSPS) is 11.0. The average molecular weight is 338 g/mol. The van der Waals surface area contributed by atoms with E-state index in [2.05, 4.69) is 9.82 Å². The molecule has 0 fully saturated rings. The molecule has 6 nitrogen and oxygen atoms in total. The van der Waals surface area contributed by atoms with Gasteiger partial charge in [0.1, 0.15) is 5.82 Å². The van der Waals surface area contributed by atoms with E-state index in [1.165, 1.54) is 22.9 Å². The van der Waals surface area contributed by atoms with Crippen LogP contribution in [-0.4, -0.2) is 18.2 Å². The van der Waals surface area contributed by atoms with Crippen LogP contribution in [0, 0.1) is 11.3 Å². The molecule has 0 unspecified atom stereocenters. The van der Waals surface area contributed by atoms with Crippen molar-refractivity contribution in [2.45, 2.75) is 4.90 Å². The van der Waals surface area contributed by atoms with Gasteiger partial charge in [-0.2, -0.15) is 10.4 Å². The summed E-state index contributed by atoms with van der Waals surface area (Å²) in [5.41, 5.74) is 1.85. The number of aryl methyl sites for hydroxylation is 1. The molecule has 3 rings (SSSR count). The van der Waals surface area contributed by atoms with Crippen LogP contribution in [0.2, 0.25) is 0 Å². The van der Waals surface area contributed by atoms with Crippen molar-refractivity contribution in [2.75, 3.05) is 4.72 Å². The molecular weight excluding hydrogens is 324 g/mol. The number of aromatic nitrogens is 2. The van der Waals surface area contributed by atoms with E-state index in [9.17, 15) is 8.42 Å². The number of hydrogen-bond acceptors (Lipinski definition) is 4. The molecule has 0 amide bonds. The lowest BCUT2D eigenvalue weighted by Gasteiger charge is -2.07. The Labute approximate surface area is 140 Å². The molecule has 0 saturated heterocycles. The zero-order valence-corrected chi connectivity index (χ0v) is 13.7. The van der Waals surface area contributed by atoms with E-state index in [-0.39, 0.29) is 10.5 Å². The summed E-state index contributed by atoms with van der Waals surface area (Å²) in [7, 11) is -2.14. The van der Waals surface area contributed by atoms with Crippen LogP contribution in [0.5, 0.6) is 0 Å². The van der Waals surface area contributed by atoms with Gasteiger partial charge in [-0.15, -0.1) is 0 Å². The number of anilines is 1. The second kappa shape index (κ2) is 6.18. The molecule has 1 N–H and O–H groups in total. The number of hydrogen-bond donors (Lipinski definition) is 1. The van der Waals surface area contributed by atoms with Gasteiger partial charge in [-0.05, 0) is 18.2 Å². The van der Waals surface area contributed by atoms with E-state index >= 15 is 0 Å². The fourth-order valence-electron chi connectivity index (χ4n) is 2.24. The molecule has 1 aromatic heterocycles. The van der Waals surface area contributed by atoms with E-state index < -0.39 is 10.0 Å². The molecule has 0 atom stereocenters. The van der Waals surface area contributed by atoms with Crippen LogP contribution in [-0.2, 0) is 17.1 Å². The third-order valence-corrected chi connectivity index (χ3v) is 4.81. The Morgan fingerprint density at radius 2 is 1.83 bits per heavy atom. The van der Waals surface area contributed by atoms with Gasteiger partial charge in [0.25, 0.3) is 10.0 Å². The Kier molecular flexibility index (Phi) is 4.06. The second-order valence-corrected chi connectivity index (χ2v) is 6.83. The fourth-order valence-corrected chi connectivity index (χ4v) is 3.37. The fraction of sp³-hybridized carbons (Fsp3) is 0.0588. The van der Waals surface area contributed by atoms with Crippen LogP contribution >= 0.6 is 0 Å². The highest BCUT2D eigenvalue weighted by Gasteiger charge is 2.17. The van der Waals surface area contributed by atoms with Crippen LogP contribution in [0.25, 0.3) is 11.3 Å². The van der Waals surface area contributed by atoms with E-state index in [1.807, 2.05) is 36.4 Å². The molecular formula is C17H14N4O2S. The number of nitrogens with one attached hydrogen (secondary N) is 1. The minimum Gasteiger partial charge on any atom is -0.264 e. The monoisotopic (exact) mass is 338 g/mol. The summed E-state index contributed by atoms with van der Waals surface area (Å²) in [4.78, 5) is 0.0315. The van der Waals surface area contributed by atoms with E-state index in [0.717, 1.165) is 5.56 Å². The first-order valence-electron chi connectivity index (χ1n) is 7.12. The first-order valence-corrected chi connectivity index (χ1v) is 8.60. The maximum absolute atomic E-state index is 12.5. The van der Waals surface area contributed by atoms with E-state index in [1.54, 1.807) is 19.2 Å². The highest BCUT2D eigenvalue weighted by Crippen LogP contribution is 2.23. The Hall–Kier alpha value is -3.11. The SMILES string of the molecule is Cn1nc(-c2ccccc2)cc1NS(=O)(=O)c1cccc(C#N)c1. The van der Waals surface area contributed by atoms with Gasteiger partial charge >= 0.3 is 0 Å². The zero-order chi connectivity index (χ0) is 17.2. The Morgan fingerprint density at radius 1 is 1.08 bits per heavy atom. The van der Waals surface area contributed by atoms with Crippen LogP contribution in [0.1, 0.15) is 5.56 Å². The molecule has 24 heavy (non-hydrogen) atoms. The van der Waals surface area contributed by atoms with Crippen molar-refractivity contribution in [3.05, 3.63) is 66.2 Å². The average Bonchev–Trinajstić information content (AvgIpc) is 2.96. The van der Waals surface area contributed by atoms with E-state index in [0.29, 0.717) is 11.5 Å². The Morgan fingerprint density at radius 3 is 2.54 bits per heavy atom. The predicted octanol–water partition coefficient (Wildman–Crippen LogP) is 2.76. The minimum atomic E-state index is -3.80. The van der Waals surface area contributed by atoms with Crippen molar-refractivity contribution in [2.24, 2.45) is 7.05 Å². The molecule has 120 valence electrons. The topological polar surface area (TPSA) is 87.8 Å². The number of benzene rings is 2. The summed E-state index contributed by atoms with van der Waals surface area (Å²) < 4.78 is 29.0. The van der Waals surface area contributed by atoms with Crippen molar-refractivity contribution >= 4 is 15.8 Å². The summed E-state index contributed by atoms with van der Waals surface area (Å²) >= 11 is 0. The van der Waals surface area contributed by atoms with Crippen molar-refractivity contribution < 1.29 is 8.42 Å². The third-order valence-electron chi connectivity index (χ3n) is 3.46. The molecule has 0 bridgehead atoms. The first kappa shape index (κ1) is 15.8. The maximum Gasteiger partial charge on any atom is 0.263 e. The highest BCUT2D eigenvalue weighted by atomic mass is 32.2. The second-order valence-electron chi connectivity index (χ2n) is 5.15. The van der Waals surface area contributed by atoms with Gasteiger partial charge in [0, 0.05) is 18.7 Å². The number of nitriles is 1. The van der Waals surface area contributed by atoms with E-state index in [4.69, 9.17) is 5.26 Å². The molecule has 7 heteroatoms. The standard InChI is InChI=1S/C17H14N4O2S/c1-21-17(11-16(19-21)14-7-3-2-4-8-14)20-24(22,23)15-9-5-6-13(10-15)12-18/h2-11,20H,1H3. The molecule has 3 aromatic rings. The van der Waals surface area contributed by atoms with Crippen LogP contribution in [0.15, 0.2) is 65.6 Å². The molecule has 1 heterocycles. The summed E-state index contributed by atoms with van der Waals surface area (Å²) in [6, 6.07) is 18.9. The minimum absolute atomic E-state index is 0.0315. The summed E-state index contributed by atoms with van der Waals surface area (Å²) in [6.45, 7) is 0. The van der Waals surface area contributed by atoms with Gasteiger partial charge in [0.2, 0.25) is 0 Å². The van der Waals surface area contributed by atoms with Crippen molar-refractivity contribution in [3.63, 3.8) is 0 Å². The smallest absolute Gasteiger partial charge is 0.263 e. The van der Waals surface area contributed by atoms with Gasteiger partial charge in [0.05, 0.1) is 22.2 Å². The quantitative estimate of drug-likeness (QED) is 0.792. The maximum atomic E-state index is 12.5. The molecule has 0 aliphatic rings. The van der Waals surface area contributed by atoms with Crippen molar-refractivity contribution in [3.8, 4) is 17.3 Å². The Balaban J connectivity index is 1.93. The third kappa shape index (κ3) is 3.14. The van der Waals surface area contributed by atoms with Crippen LogP contribution in [0.3, 0.4) is 0 Å². The van der Waals surface area contributed by atoms with Gasteiger partial charge in [-0.3, -0.25) is 9.40 Å². The van der Waals surface area contributed by atoms with Crippen LogP contribution in [0.4, 0.5) is 5.82 Å². The summed E-state index contributed by atoms with van der Waals surface area (Å²) in [6.07, 6.45) is 0. The molecule has 0 saturated carbocycles. The van der Waals surface area contributed by atoms with Crippen molar-refractivity contribution in [1.29, 1.82) is 5.26 Å². The van der Waals surface area contributed by atoms with Gasteiger partial charge in [-0.25, -0.2) is 8.42 Å². The highest BCUT2D eigenvalue weighted by molar-refractivity contribution is 7.92. The zero-order valence-electron chi connectivity index (χ0n) is 12.8. The van der Waals surface area contributed by atoms with Gasteiger partial charge < -0.3 is 0 Å². The number of rotatable bonds is 4. The number of nitrogens with zero attached hydrogens (tertiary/aromatic N) is 3.